The summed E-state index contributed by atoms with van der Waals surface area (Å²) in [7, 11) is -4.41. The van der Waals surface area contributed by atoms with E-state index < -0.39 is 34.4 Å². The maximum absolute atomic E-state index is 13.3. The molecular formula is C27H36F3NO5S. The van der Waals surface area contributed by atoms with Gasteiger partial charge in [0.15, 0.2) is 5.83 Å². The Kier molecular flexibility index (Phi) is 7.87. The normalized spacial score (nSPS) is 33.6. The summed E-state index contributed by atoms with van der Waals surface area (Å²) in [6.07, 6.45) is 2.73. The highest BCUT2D eigenvalue weighted by Gasteiger charge is 2.63. The van der Waals surface area contributed by atoms with Gasteiger partial charge in [-0.25, -0.2) is 4.39 Å². The average molecular weight is 544 g/mol. The summed E-state index contributed by atoms with van der Waals surface area (Å²) in [5.41, 5.74) is 1.79. The smallest absolute Gasteiger partial charge is 0.357 e. The summed E-state index contributed by atoms with van der Waals surface area (Å²) >= 11 is 0. The van der Waals surface area contributed by atoms with Gasteiger partial charge in [-0.2, -0.15) is 17.2 Å². The van der Waals surface area contributed by atoms with Gasteiger partial charge in [-0.15, -0.1) is 6.58 Å². The van der Waals surface area contributed by atoms with E-state index in [9.17, 15) is 36.4 Å². The molecule has 0 aliphatic heterocycles. The molecule has 3 aliphatic rings. The van der Waals surface area contributed by atoms with Gasteiger partial charge in [0.1, 0.15) is 6.10 Å². The fourth-order valence-corrected chi connectivity index (χ4v) is 8.34. The molecule has 3 unspecified atom stereocenters. The highest BCUT2D eigenvalue weighted by molar-refractivity contribution is 7.87. The number of aryl methyl sites for hydroxylation is 1. The number of aliphatic hydroxyl groups excluding tert-OH is 2. The SMILES string of the molecule is C=CC12CCc3cc(NS(=O)(=O)O)ccc3C1[C@@H](CCCC[C@H](O)C(F)=C(F)F)C[C@@]1(C)C2CC[C@@H]1O. The highest BCUT2D eigenvalue weighted by atomic mass is 32.2. The molecule has 0 saturated heterocycles. The van der Waals surface area contributed by atoms with Crippen molar-refractivity contribution < 1.29 is 36.4 Å². The summed E-state index contributed by atoms with van der Waals surface area (Å²) < 4.78 is 72.3. The molecule has 4 N–H and O–H groups in total. The Morgan fingerprint density at radius 2 is 2.00 bits per heavy atom. The predicted molar refractivity (Wildman–Crippen MR) is 135 cm³/mol. The third-order valence-corrected chi connectivity index (χ3v) is 9.89. The molecule has 10 heteroatoms. The fraction of sp³-hybridized carbons (Fsp3) is 0.630. The monoisotopic (exact) mass is 543 g/mol. The number of benzene rings is 1. The highest BCUT2D eigenvalue weighted by Crippen LogP contribution is 2.69. The number of anilines is 1. The number of hydrogen-bond acceptors (Lipinski definition) is 4. The van der Waals surface area contributed by atoms with Crippen molar-refractivity contribution in [3.63, 3.8) is 0 Å². The lowest BCUT2D eigenvalue weighted by Gasteiger charge is -2.60. The minimum absolute atomic E-state index is 0.0572. The summed E-state index contributed by atoms with van der Waals surface area (Å²) in [6.45, 7) is 6.39. The van der Waals surface area contributed by atoms with Crippen LogP contribution in [0.25, 0.3) is 0 Å². The number of halogens is 3. The van der Waals surface area contributed by atoms with Crippen molar-refractivity contribution in [2.75, 3.05) is 4.72 Å². The van der Waals surface area contributed by atoms with Crippen LogP contribution in [0.4, 0.5) is 18.9 Å². The Hall–Kier alpha value is -1.88. The van der Waals surface area contributed by atoms with Crippen molar-refractivity contribution >= 4 is 16.0 Å². The number of fused-ring (bicyclic) bond motifs is 5. The van der Waals surface area contributed by atoms with Gasteiger partial charge in [0.05, 0.1) is 11.8 Å². The number of nitrogens with one attached hydrogen (secondary N) is 1. The van der Waals surface area contributed by atoms with Crippen LogP contribution in [0.15, 0.2) is 42.8 Å². The molecule has 2 saturated carbocycles. The molecule has 206 valence electrons. The lowest BCUT2D eigenvalue weighted by Crippen LogP contribution is -2.54. The zero-order valence-corrected chi connectivity index (χ0v) is 21.8. The largest absolute Gasteiger partial charge is 0.393 e. The summed E-state index contributed by atoms with van der Waals surface area (Å²) in [5, 5.41) is 20.7. The maximum atomic E-state index is 13.3. The van der Waals surface area contributed by atoms with Crippen LogP contribution in [0.1, 0.15) is 75.3 Å². The van der Waals surface area contributed by atoms with Gasteiger partial charge >= 0.3 is 16.4 Å². The quantitative estimate of drug-likeness (QED) is 0.176. The van der Waals surface area contributed by atoms with Crippen LogP contribution in [0, 0.1) is 22.7 Å². The maximum Gasteiger partial charge on any atom is 0.357 e. The molecule has 37 heavy (non-hydrogen) atoms. The molecule has 0 bridgehead atoms. The van der Waals surface area contributed by atoms with Gasteiger partial charge in [-0.1, -0.05) is 31.9 Å². The van der Waals surface area contributed by atoms with E-state index in [1.165, 1.54) is 0 Å². The van der Waals surface area contributed by atoms with Crippen molar-refractivity contribution in [2.45, 2.75) is 82.8 Å². The van der Waals surface area contributed by atoms with E-state index in [0.717, 1.165) is 30.4 Å². The summed E-state index contributed by atoms with van der Waals surface area (Å²) in [4.78, 5) is 0. The van der Waals surface area contributed by atoms with E-state index in [4.69, 9.17) is 0 Å². The lowest BCUT2D eigenvalue weighted by molar-refractivity contribution is -0.0812. The van der Waals surface area contributed by atoms with Gasteiger partial charge in [-0.3, -0.25) is 9.27 Å². The fourth-order valence-electron chi connectivity index (χ4n) is 7.91. The Labute approximate surface area is 216 Å². The van der Waals surface area contributed by atoms with Gasteiger partial charge in [-0.05, 0) is 96.8 Å². The molecule has 0 spiro atoms. The van der Waals surface area contributed by atoms with Crippen LogP contribution in [0.2, 0.25) is 0 Å². The van der Waals surface area contributed by atoms with E-state index in [2.05, 4.69) is 18.2 Å². The van der Waals surface area contributed by atoms with Crippen LogP contribution in [0.3, 0.4) is 0 Å². The minimum Gasteiger partial charge on any atom is -0.393 e. The summed E-state index contributed by atoms with van der Waals surface area (Å²) in [5.74, 6) is -1.38. The van der Waals surface area contributed by atoms with E-state index >= 15 is 0 Å². The number of allylic oxidation sites excluding steroid dienone is 1. The molecule has 3 aliphatic carbocycles. The topological polar surface area (TPSA) is 107 Å². The number of rotatable bonds is 9. The summed E-state index contributed by atoms with van der Waals surface area (Å²) in [6, 6.07) is 5.29. The van der Waals surface area contributed by atoms with Crippen LogP contribution >= 0.6 is 0 Å². The van der Waals surface area contributed by atoms with Crippen LogP contribution in [-0.4, -0.2) is 35.4 Å². The Morgan fingerprint density at radius 3 is 2.65 bits per heavy atom. The number of hydrogen-bond donors (Lipinski definition) is 4. The van der Waals surface area contributed by atoms with Gasteiger partial charge in [0.2, 0.25) is 0 Å². The molecule has 0 heterocycles. The van der Waals surface area contributed by atoms with Crippen molar-refractivity contribution in [1.82, 2.24) is 0 Å². The van der Waals surface area contributed by atoms with E-state index in [-0.39, 0.29) is 40.7 Å². The molecule has 0 radical (unpaired) electrons. The Morgan fingerprint density at radius 1 is 1.27 bits per heavy atom. The van der Waals surface area contributed by atoms with Crippen molar-refractivity contribution in [3.05, 3.63) is 53.9 Å². The van der Waals surface area contributed by atoms with Gasteiger partial charge < -0.3 is 10.2 Å². The molecule has 1 aromatic rings. The minimum atomic E-state index is -4.41. The first-order valence-corrected chi connectivity index (χ1v) is 14.3. The van der Waals surface area contributed by atoms with Crippen molar-refractivity contribution in [2.24, 2.45) is 22.7 Å². The Balaban J connectivity index is 1.64. The predicted octanol–water partition coefficient (Wildman–Crippen LogP) is 5.90. The van der Waals surface area contributed by atoms with Crippen LogP contribution < -0.4 is 4.72 Å². The molecule has 4 rings (SSSR count). The number of aliphatic hydroxyl groups is 2. The van der Waals surface area contributed by atoms with Crippen molar-refractivity contribution in [1.29, 1.82) is 0 Å². The zero-order valence-electron chi connectivity index (χ0n) is 21.0. The molecule has 1 aromatic carbocycles. The molecule has 0 amide bonds. The first-order valence-electron chi connectivity index (χ1n) is 12.9. The second-order valence-electron chi connectivity index (χ2n) is 11.3. The van der Waals surface area contributed by atoms with E-state index in [1.54, 1.807) is 12.1 Å². The number of unbranched alkanes of at least 4 members (excludes halogenated alkanes) is 1. The van der Waals surface area contributed by atoms with Gasteiger partial charge in [0.25, 0.3) is 0 Å². The third kappa shape index (κ3) is 5.22. The second-order valence-corrected chi connectivity index (χ2v) is 12.5. The first kappa shape index (κ1) is 28.1. The molecular weight excluding hydrogens is 507 g/mol. The van der Waals surface area contributed by atoms with Crippen LogP contribution in [-0.2, 0) is 16.7 Å². The van der Waals surface area contributed by atoms with Crippen LogP contribution in [0.5, 0.6) is 0 Å². The van der Waals surface area contributed by atoms with Gasteiger partial charge in [0, 0.05) is 0 Å². The molecule has 7 atom stereocenters. The van der Waals surface area contributed by atoms with Crippen molar-refractivity contribution in [3.8, 4) is 0 Å². The second kappa shape index (κ2) is 10.4. The first-order chi connectivity index (χ1) is 17.3. The molecule has 2 fully saturated rings. The lowest BCUT2D eigenvalue weighted by atomic mass is 9.44. The Bertz CT molecular complexity index is 1170. The van der Waals surface area contributed by atoms with E-state index in [0.29, 0.717) is 32.1 Å². The standard InChI is InChI=1S/C27H36F3NO5S/c1-3-27-13-12-16-14-18(31-37(34,35)36)8-9-19(16)23(27)17(15-26(2)21(27)10-11-22(26)33)6-4-5-7-20(32)24(28)25(29)30/h3,8-9,14,17,20-23,31-33H,1,4-7,10-13,15H2,2H3,(H,34,35,36)/t17-,20-,21?,22-,23?,26-,27?/m0/s1. The zero-order chi connectivity index (χ0) is 27.2. The molecule has 6 nitrogen and oxygen atoms in total. The molecule has 0 aromatic heterocycles. The average Bonchev–Trinajstić information content (AvgIpc) is 3.13. The third-order valence-electron chi connectivity index (χ3n) is 9.40. The van der Waals surface area contributed by atoms with E-state index in [1.807, 2.05) is 12.1 Å².